The number of para-hydroxylation sites is 1. The summed E-state index contributed by atoms with van der Waals surface area (Å²) in [6.45, 7) is 3.14. The fourth-order valence-electron chi connectivity index (χ4n) is 2.38. The summed E-state index contributed by atoms with van der Waals surface area (Å²) in [6, 6.07) is 12.7. The van der Waals surface area contributed by atoms with Crippen molar-refractivity contribution in [2.45, 2.75) is 19.9 Å². The number of pyridine rings is 1. The number of aryl methyl sites for hydroxylation is 3. The molecule has 0 radical (unpaired) electrons. The van der Waals surface area contributed by atoms with Crippen molar-refractivity contribution in [3.8, 4) is 0 Å². The highest BCUT2D eigenvalue weighted by Gasteiger charge is 2.06. The number of rotatable bonds is 3. The molecule has 3 rings (SSSR count). The first kappa shape index (κ1) is 13.6. The summed E-state index contributed by atoms with van der Waals surface area (Å²) in [5.41, 5.74) is 3.91. The molecule has 19 heavy (non-hydrogen) atoms. The molecule has 0 bridgehead atoms. The maximum atomic E-state index is 3.33. The predicted octanol–water partition coefficient (Wildman–Crippen LogP) is 0.0105. The summed E-state index contributed by atoms with van der Waals surface area (Å²) >= 11 is 0. The van der Waals surface area contributed by atoms with Crippen molar-refractivity contribution in [3.05, 3.63) is 66.1 Å². The van der Waals surface area contributed by atoms with Gasteiger partial charge in [-0.1, -0.05) is 18.2 Å². The van der Waals surface area contributed by atoms with Crippen LogP contribution in [0.5, 0.6) is 0 Å². The number of nitrogens with one attached hydrogen (secondary N) is 1. The maximum Gasteiger partial charge on any atom is 0.171 e. The van der Waals surface area contributed by atoms with Crippen LogP contribution in [0.25, 0.3) is 10.9 Å². The van der Waals surface area contributed by atoms with E-state index in [9.17, 15) is 0 Å². The van der Waals surface area contributed by atoms with Crippen LogP contribution in [-0.2, 0) is 13.0 Å². The van der Waals surface area contributed by atoms with Crippen molar-refractivity contribution in [1.29, 1.82) is 0 Å². The number of H-pyrrole nitrogens is 1. The average Bonchev–Trinajstić information content (AvgIpc) is 2.80. The highest BCUT2D eigenvalue weighted by Crippen LogP contribution is 2.17. The smallest absolute Gasteiger partial charge is 0.171 e. The Hall–Kier alpha value is -1.80. The van der Waals surface area contributed by atoms with Gasteiger partial charge in [-0.15, -0.1) is 0 Å². The number of fused-ring (bicyclic) bond motifs is 1. The second kappa shape index (κ2) is 5.89. The van der Waals surface area contributed by atoms with E-state index in [0.717, 1.165) is 13.0 Å². The van der Waals surface area contributed by atoms with Crippen molar-refractivity contribution in [2.75, 3.05) is 0 Å². The number of halogens is 1. The van der Waals surface area contributed by atoms with Crippen LogP contribution >= 0.6 is 0 Å². The van der Waals surface area contributed by atoms with Crippen LogP contribution in [0.1, 0.15) is 11.1 Å². The molecule has 0 atom stereocenters. The fourth-order valence-corrected chi connectivity index (χ4v) is 2.38. The molecule has 0 aliphatic rings. The van der Waals surface area contributed by atoms with E-state index >= 15 is 0 Å². The number of benzene rings is 1. The third-order valence-electron chi connectivity index (χ3n) is 3.32. The second-order valence-electron chi connectivity index (χ2n) is 4.73. The quantitative estimate of drug-likeness (QED) is 0.649. The van der Waals surface area contributed by atoms with Crippen LogP contribution in [0, 0.1) is 6.92 Å². The minimum Gasteiger partial charge on any atom is -1.00 e. The third kappa shape index (κ3) is 2.96. The number of aromatic nitrogens is 2. The van der Waals surface area contributed by atoms with Crippen LogP contribution in [0.3, 0.4) is 0 Å². The predicted molar refractivity (Wildman–Crippen MR) is 73.4 cm³/mol. The van der Waals surface area contributed by atoms with E-state index in [2.05, 4.69) is 71.5 Å². The zero-order valence-electron chi connectivity index (χ0n) is 10.9. The topological polar surface area (TPSA) is 19.7 Å². The molecule has 3 heteroatoms. The molecule has 0 spiro atoms. The van der Waals surface area contributed by atoms with E-state index in [-0.39, 0.29) is 12.4 Å². The van der Waals surface area contributed by atoms with Gasteiger partial charge in [-0.2, -0.15) is 0 Å². The van der Waals surface area contributed by atoms with Gasteiger partial charge in [0.1, 0.15) is 0 Å². The Bertz CT molecular complexity index is 673. The largest absolute Gasteiger partial charge is 1.00 e. The molecule has 0 amide bonds. The van der Waals surface area contributed by atoms with E-state index in [1.54, 1.807) is 0 Å². The molecule has 2 aromatic heterocycles. The SMILES string of the molecule is Cc1ccc[n+](CCc2c[nH]c3ccccc23)c1.[Cl-]. The van der Waals surface area contributed by atoms with Crippen LogP contribution in [-0.4, -0.2) is 4.98 Å². The minimum atomic E-state index is 0. The molecular formula is C16H17ClN2. The Kier molecular flexibility index (Phi) is 4.23. The highest BCUT2D eigenvalue weighted by molar-refractivity contribution is 5.82. The van der Waals surface area contributed by atoms with Gasteiger partial charge in [-0.25, -0.2) is 4.57 Å². The first-order chi connectivity index (χ1) is 8.83. The van der Waals surface area contributed by atoms with Gasteiger partial charge in [0.2, 0.25) is 0 Å². The first-order valence-corrected chi connectivity index (χ1v) is 6.33. The lowest BCUT2D eigenvalue weighted by molar-refractivity contribution is -0.696. The van der Waals surface area contributed by atoms with Gasteiger partial charge in [0.05, 0.1) is 0 Å². The summed E-state index contributed by atoms with van der Waals surface area (Å²) in [6.07, 6.45) is 7.50. The standard InChI is InChI=1S/C16H17N2.ClH/c1-13-5-4-9-18(12-13)10-8-14-11-17-16-7-3-2-6-15(14)16;/h2-7,9,11-12,17H,8,10H2,1H3;1H/q+1;/p-1. The van der Waals surface area contributed by atoms with Crippen LogP contribution in [0.4, 0.5) is 0 Å². The number of nitrogens with zero attached hydrogens (tertiary/aromatic N) is 1. The molecular weight excluding hydrogens is 256 g/mol. The monoisotopic (exact) mass is 272 g/mol. The lowest BCUT2D eigenvalue weighted by Crippen LogP contribution is -3.00. The van der Waals surface area contributed by atoms with E-state index in [0.29, 0.717) is 0 Å². The molecule has 0 aliphatic heterocycles. The van der Waals surface area contributed by atoms with E-state index in [4.69, 9.17) is 0 Å². The summed E-state index contributed by atoms with van der Waals surface area (Å²) < 4.78 is 2.25. The molecule has 0 unspecified atom stereocenters. The Balaban J connectivity index is 0.00000133. The second-order valence-corrected chi connectivity index (χ2v) is 4.73. The normalized spacial score (nSPS) is 10.4. The van der Waals surface area contributed by atoms with Gasteiger partial charge in [0, 0.05) is 35.2 Å². The Labute approximate surface area is 119 Å². The Morgan fingerprint density at radius 1 is 1.11 bits per heavy atom. The summed E-state index contributed by atoms with van der Waals surface area (Å²) in [5.74, 6) is 0. The molecule has 2 nitrogen and oxygen atoms in total. The van der Waals surface area contributed by atoms with Gasteiger partial charge in [-0.3, -0.25) is 0 Å². The van der Waals surface area contributed by atoms with Gasteiger partial charge < -0.3 is 17.4 Å². The van der Waals surface area contributed by atoms with Crippen molar-refractivity contribution in [3.63, 3.8) is 0 Å². The molecule has 0 aliphatic carbocycles. The maximum absolute atomic E-state index is 3.33. The van der Waals surface area contributed by atoms with Crippen LogP contribution in [0.2, 0.25) is 0 Å². The van der Waals surface area contributed by atoms with Crippen molar-refractivity contribution >= 4 is 10.9 Å². The van der Waals surface area contributed by atoms with Crippen molar-refractivity contribution in [1.82, 2.24) is 4.98 Å². The van der Waals surface area contributed by atoms with Gasteiger partial charge in [0.25, 0.3) is 0 Å². The molecule has 1 N–H and O–H groups in total. The molecule has 2 heterocycles. The Morgan fingerprint density at radius 2 is 1.95 bits per heavy atom. The fraction of sp³-hybridized carbons (Fsp3) is 0.188. The molecule has 98 valence electrons. The zero-order valence-corrected chi connectivity index (χ0v) is 11.7. The molecule has 3 aromatic rings. The van der Waals surface area contributed by atoms with Crippen molar-refractivity contribution in [2.24, 2.45) is 0 Å². The van der Waals surface area contributed by atoms with Gasteiger partial charge in [-0.05, 0) is 24.6 Å². The van der Waals surface area contributed by atoms with Gasteiger partial charge in [0.15, 0.2) is 18.9 Å². The average molecular weight is 273 g/mol. The van der Waals surface area contributed by atoms with Crippen LogP contribution in [0.15, 0.2) is 55.0 Å². The van der Waals surface area contributed by atoms with Gasteiger partial charge >= 0.3 is 0 Å². The molecule has 1 aromatic carbocycles. The summed E-state index contributed by atoms with van der Waals surface area (Å²) in [5, 5.41) is 1.34. The molecule has 0 saturated carbocycles. The third-order valence-corrected chi connectivity index (χ3v) is 3.32. The van der Waals surface area contributed by atoms with E-state index in [1.165, 1.54) is 22.0 Å². The number of hydrogen-bond acceptors (Lipinski definition) is 0. The van der Waals surface area contributed by atoms with E-state index in [1.807, 2.05) is 0 Å². The van der Waals surface area contributed by atoms with E-state index < -0.39 is 0 Å². The molecule has 0 fully saturated rings. The minimum absolute atomic E-state index is 0. The number of hydrogen-bond donors (Lipinski definition) is 1. The first-order valence-electron chi connectivity index (χ1n) is 6.33. The lowest BCUT2D eigenvalue weighted by atomic mass is 10.1. The lowest BCUT2D eigenvalue weighted by Gasteiger charge is -1.98. The number of aromatic amines is 1. The Morgan fingerprint density at radius 3 is 2.79 bits per heavy atom. The molecule has 0 saturated heterocycles. The van der Waals surface area contributed by atoms with Crippen LogP contribution < -0.4 is 17.0 Å². The van der Waals surface area contributed by atoms with Crippen molar-refractivity contribution < 1.29 is 17.0 Å². The highest BCUT2D eigenvalue weighted by atomic mass is 35.5. The summed E-state index contributed by atoms with van der Waals surface area (Å²) in [7, 11) is 0. The summed E-state index contributed by atoms with van der Waals surface area (Å²) in [4.78, 5) is 3.33. The zero-order chi connectivity index (χ0) is 12.4.